The van der Waals surface area contributed by atoms with Gasteiger partial charge in [0, 0.05) is 6.42 Å². The van der Waals surface area contributed by atoms with E-state index in [1.807, 2.05) is 18.2 Å². The molecule has 5 rings (SSSR count). The van der Waals surface area contributed by atoms with E-state index in [-0.39, 0.29) is 30.8 Å². The van der Waals surface area contributed by atoms with E-state index in [1.165, 1.54) is 5.56 Å². The van der Waals surface area contributed by atoms with Crippen molar-refractivity contribution in [3.05, 3.63) is 89.0 Å². The zero-order valence-electron chi connectivity index (χ0n) is 20.8. The lowest BCUT2D eigenvalue weighted by molar-refractivity contribution is -0.138. The first-order valence-electron chi connectivity index (χ1n) is 12.5. The number of rotatable bonds is 6. The summed E-state index contributed by atoms with van der Waals surface area (Å²) in [4.78, 5) is 10.6. The number of fused-ring (bicyclic) bond motifs is 2. The zero-order chi connectivity index (χ0) is 27.8. The van der Waals surface area contributed by atoms with Crippen molar-refractivity contribution in [1.82, 2.24) is 0 Å². The Morgan fingerprint density at radius 1 is 1.05 bits per heavy atom. The highest BCUT2D eigenvalue weighted by Gasteiger charge is 2.37. The Balaban J connectivity index is 1.57. The van der Waals surface area contributed by atoms with Crippen LogP contribution in [0.3, 0.4) is 0 Å². The van der Waals surface area contributed by atoms with E-state index in [4.69, 9.17) is 9.84 Å². The van der Waals surface area contributed by atoms with Gasteiger partial charge in [-0.05, 0) is 78.3 Å². The fourth-order valence-corrected chi connectivity index (χ4v) is 6.59. The van der Waals surface area contributed by atoms with Crippen LogP contribution < -0.4 is 9.04 Å². The van der Waals surface area contributed by atoms with Crippen molar-refractivity contribution in [1.29, 1.82) is 0 Å². The highest BCUT2D eigenvalue weighted by Crippen LogP contribution is 2.41. The van der Waals surface area contributed by atoms with Crippen LogP contribution in [0.2, 0.25) is 0 Å². The first-order chi connectivity index (χ1) is 18.5. The molecule has 2 aliphatic rings. The summed E-state index contributed by atoms with van der Waals surface area (Å²) < 4.78 is 74.6. The lowest BCUT2D eigenvalue weighted by Gasteiger charge is -2.35. The number of allylic oxidation sites excluding steroid dienone is 1. The van der Waals surface area contributed by atoms with Gasteiger partial charge in [-0.2, -0.15) is 13.2 Å². The van der Waals surface area contributed by atoms with Gasteiger partial charge in [0.05, 0.1) is 22.7 Å². The van der Waals surface area contributed by atoms with Crippen molar-refractivity contribution in [2.75, 3.05) is 10.8 Å². The molecule has 1 atom stereocenters. The molecule has 0 saturated carbocycles. The topological polar surface area (TPSA) is 83.9 Å². The van der Waals surface area contributed by atoms with Crippen LogP contribution in [0.4, 0.5) is 18.9 Å². The van der Waals surface area contributed by atoms with Crippen LogP contribution in [0.5, 0.6) is 5.75 Å². The van der Waals surface area contributed by atoms with Crippen LogP contribution in [0, 0.1) is 0 Å². The molecule has 0 bridgehead atoms. The fraction of sp³-hybridized carbons (Fsp3) is 0.276. The lowest BCUT2D eigenvalue weighted by atomic mass is 9.86. The minimum Gasteiger partial charge on any atom is -0.486 e. The highest BCUT2D eigenvalue weighted by atomic mass is 32.2. The molecule has 1 aliphatic carbocycles. The standard InChI is InChI=1S/C29H26F3NO5S/c30-29(31,32)22-8-4-9-24(17-22)39(36,37)33-18-23(12-14-28(34)35)38-27-13-11-19(16-26(27)33)15-21-7-3-6-20-5-1-2-10-25(20)21/h1-2,4-5,8-11,13,15-17,23H,3,6-7,12,14,18H2,(H,34,35)/t23-/m0/s1. The normalized spacial score (nSPS) is 18.3. The van der Waals surface area contributed by atoms with Crippen LogP contribution in [0.25, 0.3) is 11.6 Å². The quantitative estimate of drug-likeness (QED) is 0.379. The number of carboxylic acid groups (broad SMARTS) is 1. The Morgan fingerprint density at radius 2 is 1.85 bits per heavy atom. The number of ether oxygens (including phenoxy) is 1. The summed E-state index contributed by atoms with van der Waals surface area (Å²) in [6.45, 7) is -0.234. The predicted molar refractivity (Wildman–Crippen MR) is 141 cm³/mol. The second-order valence-electron chi connectivity index (χ2n) is 9.64. The monoisotopic (exact) mass is 557 g/mol. The molecule has 0 fully saturated rings. The number of carbonyl (C=O) groups is 1. The summed E-state index contributed by atoms with van der Waals surface area (Å²) in [5.41, 5.74) is 3.33. The molecule has 1 aliphatic heterocycles. The van der Waals surface area contributed by atoms with Crippen molar-refractivity contribution >= 4 is 33.3 Å². The van der Waals surface area contributed by atoms with E-state index in [2.05, 4.69) is 12.1 Å². The summed E-state index contributed by atoms with van der Waals surface area (Å²) >= 11 is 0. The van der Waals surface area contributed by atoms with Crippen molar-refractivity contribution < 1.29 is 36.2 Å². The Bertz CT molecular complexity index is 1550. The third kappa shape index (κ3) is 5.66. The number of nitrogens with zero attached hydrogens (tertiary/aromatic N) is 1. The number of sulfonamides is 1. The number of anilines is 1. The van der Waals surface area contributed by atoms with Crippen molar-refractivity contribution in [2.24, 2.45) is 0 Å². The lowest BCUT2D eigenvalue weighted by Crippen LogP contribution is -2.43. The summed E-state index contributed by atoms with van der Waals surface area (Å²) in [6, 6.07) is 16.8. The van der Waals surface area contributed by atoms with Crippen molar-refractivity contribution in [2.45, 2.75) is 49.3 Å². The summed E-state index contributed by atoms with van der Waals surface area (Å²) in [5.74, 6) is -0.843. The van der Waals surface area contributed by atoms with Crippen LogP contribution in [-0.2, 0) is 27.4 Å². The molecule has 1 heterocycles. The van der Waals surface area contributed by atoms with E-state index in [0.29, 0.717) is 6.07 Å². The molecule has 204 valence electrons. The maximum atomic E-state index is 13.7. The number of hydrogen-bond acceptors (Lipinski definition) is 4. The highest BCUT2D eigenvalue weighted by molar-refractivity contribution is 7.92. The van der Waals surface area contributed by atoms with Gasteiger partial charge in [0.1, 0.15) is 11.9 Å². The number of alkyl halides is 3. The largest absolute Gasteiger partial charge is 0.486 e. The molecule has 10 heteroatoms. The molecule has 0 amide bonds. The summed E-state index contributed by atoms with van der Waals surface area (Å²) in [7, 11) is -4.44. The molecule has 3 aromatic rings. The van der Waals surface area contributed by atoms with Gasteiger partial charge in [-0.15, -0.1) is 0 Å². The molecule has 1 N–H and O–H groups in total. The molecular weight excluding hydrogens is 531 g/mol. The smallest absolute Gasteiger partial charge is 0.416 e. The van der Waals surface area contributed by atoms with E-state index in [9.17, 15) is 26.4 Å². The Hall–Kier alpha value is -3.79. The number of benzene rings is 3. The number of aliphatic carboxylic acids is 1. The van der Waals surface area contributed by atoms with Crippen molar-refractivity contribution in [3.63, 3.8) is 0 Å². The molecular formula is C29H26F3NO5S. The van der Waals surface area contributed by atoms with Gasteiger partial charge in [0.2, 0.25) is 0 Å². The van der Waals surface area contributed by atoms with Gasteiger partial charge in [-0.25, -0.2) is 8.42 Å². The first-order valence-corrected chi connectivity index (χ1v) is 14.0. The van der Waals surface area contributed by atoms with E-state index in [0.717, 1.165) is 58.5 Å². The van der Waals surface area contributed by atoms with E-state index >= 15 is 0 Å². The average molecular weight is 558 g/mol. The maximum absolute atomic E-state index is 13.7. The second-order valence-corrected chi connectivity index (χ2v) is 11.5. The molecule has 0 unspecified atom stereocenters. The third-order valence-corrected chi connectivity index (χ3v) is 8.72. The first kappa shape index (κ1) is 26.8. The molecule has 0 spiro atoms. The van der Waals surface area contributed by atoms with Crippen LogP contribution in [0.15, 0.2) is 71.6 Å². The minimum atomic E-state index is -4.71. The molecule has 6 nitrogen and oxygen atoms in total. The second kappa shape index (κ2) is 10.4. The van der Waals surface area contributed by atoms with E-state index < -0.39 is 38.7 Å². The van der Waals surface area contributed by atoms with Gasteiger partial charge in [-0.1, -0.05) is 42.5 Å². The Kier molecular flexibility index (Phi) is 7.15. The number of hydrogen-bond donors (Lipinski definition) is 1. The summed E-state index contributed by atoms with van der Waals surface area (Å²) in [6.07, 6.45) is -0.910. The maximum Gasteiger partial charge on any atom is 0.416 e. The SMILES string of the molecule is O=C(O)CC[C@H]1CN(S(=O)(=O)c2cccc(C(F)(F)F)c2)c2cc(C=C3CCCc4ccccc43)ccc2O1. The number of aryl methyl sites for hydroxylation is 1. The average Bonchev–Trinajstić information content (AvgIpc) is 2.91. The molecule has 0 saturated heterocycles. The van der Waals surface area contributed by atoms with Gasteiger partial charge in [0.25, 0.3) is 10.0 Å². The number of halogens is 3. The van der Waals surface area contributed by atoms with Gasteiger partial charge in [0.15, 0.2) is 0 Å². The Morgan fingerprint density at radius 3 is 2.62 bits per heavy atom. The molecule has 39 heavy (non-hydrogen) atoms. The van der Waals surface area contributed by atoms with Crippen LogP contribution >= 0.6 is 0 Å². The van der Waals surface area contributed by atoms with E-state index in [1.54, 1.807) is 18.2 Å². The van der Waals surface area contributed by atoms with Crippen LogP contribution in [0.1, 0.15) is 47.9 Å². The number of carboxylic acids is 1. The predicted octanol–water partition coefficient (Wildman–Crippen LogP) is 6.40. The Labute approximate surface area is 224 Å². The third-order valence-electron chi connectivity index (χ3n) is 6.94. The molecule has 0 radical (unpaired) electrons. The minimum absolute atomic E-state index is 0.0337. The van der Waals surface area contributed by atoms with Crippen LogP contribution in [-0.4, -0.2) is 32.1 Å². The molecule has 3 aromatic carbocycles. The van der Waals surface area contributed by atoms with Crippen molar-refractivity contribution in [3.8, 4) is 5.75 Å². The van der Waals surface area contributed by atoms with Gasteiger partial charge < -0.3 is 9.84 Å². The fourth-order valence-electron chi connectivity index (χ4n) is 5.05. The van der Waals surface area contributed by atoms with Gasteiger partial charge in [-0.3, -0.25) is 9.10 Å². The zero-order valence-corrected chi connectivity index (χ0v) is 21.6. The molecule has 0 aromatic heterocycles. The van der Waals surface area contributed by atoms with Gasteiger partial charge >= 0.3 is 12.1 Å². The summed E-state index contributed by atoms with van der Waals surface area (Å²) in [5, 5.41) is 9.11.